The summed E-state index contributed by atoms with van der Waals surface area (Å²) >= 11 is 17.3. The van der Waals surface area contributed by atoms with Gasteiger partial charge in [0.15, 0.2) is 0 Å². The van der Waals surface area contributed by atoms with E-state index in [9.17, 15) is 8.42 Å². The molecule has 0 bridgehead atoms. The van der Waals surface area contributed by atoms with Crippen LogP contribution in [0.1, 0.15) is 17.8 Å². The summed E-state index contributed by atoms with van der Waals surface area (Å²) in [5.41, 5.74) is 0. The summed E-state index contributed by atoms with van der Waals surface area (Å²) < 4.78 is 28.4. The van der Waals surface area contributed by atoms with Crippen LogP contribution in [-0.2, 0) is 10.0 Å². The topological polar surface area (TPSA) is 46.2 Å². The van der Waals surface area contributed by atoms with Gasteiger partial charge in [0.05, 0.1) is 19.2 Å². The van der Waals surface area contributed by atoms with Crippen molar-refractivity contribution in [2.45, 2.75) is 17.2 Å². The van der Waals surface area contributed by atoms with E-state index in [1.165, 1.54) is 17.4 Å². The molecule has 1 N–H and O–H groups in total. The number of hydrogen-bond donors (Lipinski definition) is 1. The summed E-state index contributed by atoms with van der Waals surface area (Å²) in [7, 11) is -3.58. The Kier molecular flexibility index (Phi) is 4.98. The Morgan fingerprint density at radius 3 is 2.47 bits per heavy atom. The lowest BCUT2D eigenvalue weighted by molar-refractivity contribution is 0.570. The first-order valence-corrected chi connectivity index (χ1v) is 9.68. The molecule has 104 valence electrons. The van der Waals surface area contributed by atoms with Gasteiger partial charge in [0.2, 0.25) is 0 Å². The summed E-state index contributed by atoms with van der Waals surface area (Å²) in [5, 5.41) is 0.386. The SMILES string of the molecule is CC(NS(=O)(=O)c1cc(Cl)c(Br)s1)c1ccc(Cl)s1. The maximum atomic E-state index is 12.2. The Hall–Kier alpha value is 0.370. The van der Waals surface area contributed by atoms with Crippen LogP contribution in [-0.4, -0.2) is 8.42 Å². The summed E-state index contributed by atoms with van der Waals surface area (Å²) in [6.45, 7) is 1.77. The monoisotopic (exact) mass is 419 g/mol. The van der Waals surface area contributed by atoms with Crippen molar-refractivity contribution in [3.8, 4) is 0 Å². The smallest absolute Gasteiger partial charge is 0.206 e. The molecule has 9 heteroatoms. The van der Waals surface area contributed by atoms with Crippen molar-refractivity contribution in [3.63, 3.8) is 0 Å². The molecule has 0 spiro atoms. The van der Waals surface area contributed by atoms with E-state index in [1.807, 2.05) is 0 Å². The first kappa shape index (κ1) is 15.8. The first-order chi connectivity index (χ1) is 8.79. The average Bonchev–Trinajstić information content (AvgIpc) is 2.86. The van der Waals surface area contributed by atoms with Gasteiger partial charge in [-0.25, -0.2) is 13.1 Å². The molecule has 0 aliphatic heterocycles. The predicted molar refractivity (Wildman–Crippen MR) is 85.1 cm³/mol. The predicted octanol–water partition coefficient (Wildman–Crippen LogP) is 4.92. The minimum atomic E-state index is -3.58. The molecule has 0 radical (unpaired) electrons. The van der Waals surface area contributed by atoms with Gasteiger partial charge in [-0.15, -0.1) is 22.7 Å². The minimum absolute atomic E-state index is 0.180. The Morgan fingerprint density at radius 2 is 2.00 bits per heavy atom. The van der Waals surface area contributed by atoms with E-state index in [1.54, 1.807) is 19.1 Å². The highest BCUT2D eigenvalue weighted by Crippen LogP contribution is 2.35. The normalized spacial score (nSPS) is 13.7. The van der Waals surface area contributed by atoms with Gasteiger partial charge in [-0.2, -0.15) is 0 Å². The maximum absolute atomic E-state index is 12.2. The Balaban J connectivity index is 2.22. The van der Waals surface area contributed by atoms with Gasteiger partial charge >= 0.3 is 0 Å². The second-order valence-electron chi connectivity index (χ2n) is 3.67. The molecule has 0 saturated carbocycles. The minimum Gasteiger partial charge on any atom is -0.206 e. The van der Waals surface area contributed by atoms with E-state index in [2.05, 4.69) is 20.7 Å². The molecule has 2 heterocycles. The number of sulfonamides is 1. The molecule has 1 unspecified atom stereocenters. The average molecular weight is 421 g/mol. The van der Waals surface area contributed by atoms with Gasteiger partial charge in [-0.3, -0.25) is 0 Å². The molecule has 0 aliphatic rings. The molecule has 0 aromatic carbocycles. The van der Waals surface area contributed by atoms with E-state index in [-0.39, 0.29) is 10.3 Å². The molecular weight excluding hydrogens is 413 g/mol. The van der Waals surface area contributed by atoms with Gasteiger partial charge in [0.25, 0.3) is 10.0 Å². The summed E-state index contributed by atoms with van der Waals surface area (Å²) in [6.07, 6.45) is 0. The highest BCUT2D eigenvalue weighted by Gasteiger charge is 2.22. The molecule has 2 aromatic heterocycles. The molecule has 2 aromatic rings. The second kappa shape index (κ2) is 6.01. The lowest BCUT2D eigenvalue weighted by Crippen LogP contribution is -2.25. The third kappa shape index (κ3) is 3.72. The maximum Gasteiger partial charge on any atom is 0.250 e. The van der Waals surface area contributed by atoms with Crippen LogP contribution in [0.3, 0.4) is 0 Å². The molecule has 19 heavy (non-hydrogen) atoms. The number of nitrogens with one attached hydrogen (secondary N) is 1. The van der Waals surface area contributed by atoms with E-state index < -0.39 is 10.0 Å². The van der Waals surface area contributed by atoms with Crippen LogP contribution >= 0.6 is 61.8 Å². The lowest BCUT2D eigenvalue weighted by atomic mass is 10.3. The van der Waals surface area contributed by atoms with Crippen LogP contribution < -0.4 is 4.72 Å². The van der Waals surface area contributed by atoms with Crippen molar-refractivity contribution in [1.82, 2.24) is 4.72 Å². The Bertz CT molecular complexity index is 676. The van der Waals surface area contributed by atoms with Gasteiger partial charge in [0, 0.05) is 4.88 Å². The van der Waals surface area contributed by atoms with Crippen LogP contribution in [0.25, 0.3) is 0 Å². The van der Waals surface area contributed by atoms with Gasteiger partial charge in [-0.1, -0.05) is 23.2 Å². The number of halogens is 3. The van der Waals surface area contributed by atoms with Crippen molar-refractivity contribution < 1.29 is 8.42 Å². The van der Waals surface area contributed by atoms with Crippen LogP contribution in [0.15, 0.2) is 26.2 Å². The first-order valence-electron chi connectivity index (χ1n) is 5.02. The van der Waals surface area contributed by atoms with Crippen LogP contribution in [0.4, 0.5) is 0 Å². The molecule has 2 rings (SSSR count). The van der Waals surface area contributed by atoms with E-state index in [0.29, 0.717) is 13.1 Å². The number of hydrogen-bond acceptors (Lipinski definition) is 4. The lowest BCUT2D eigenvalue weighted by Gasteiger charge is -2.11. The molecule has 0 aliphatic carbocycles. The van der Waals surface area contributed by atoms with E-state index in [0.717, 1.165) is 16.2 Å². The van der Waals surface area contributed by atoms with Crippen molar-refractivity contribution in [1.29, 1.82) is 0 Å². The highest BCUT2D eigenvalue weighted by atomic mass is 79.9. The Morgan fingerprint density at radius 1 is 1.32 bits per heavy atom. The third-order valence-electron chi connectivity index (χ3n) is 2.24. The van der Waals surface area contributed by atoms with E-state index >= 15 is 0 Å². The van der Waals surface area contributed by atoms with Crippen molar-refractivity contribution in [2.75, 3.05) is 0 Å². The van der Waals surface area contributed by atoms with Gasteiger partial charge < -0.3 is 0 Å². The van der Waals surface area contributed by atoms with Gasteiger partial charge in [-0.05, 0) is 41.1 Å². The zero-order chi connectivity index (χ0) is 14.2. The van der Waals surface area contributed by atoms with Gasteiger partial charge in [0.1, 0.15) is 4.21 Å². The van der Waals surface area contributed by atoms with Crippen LogP contribution in [0, 0.1) is 0 Å². The fourth-order valence-electron chi connectivity index (χ4n) is 1.37. The fourth-order valence-corrected chi connectivity index (χ4v) is 6.14. The zero-order valence-corrected chi connectivity index (χ0v) is 15.0. The summed E-state index contributed by atoms with van der Waals surface area (Å²) in [6, 6.07) is 4.62. The molecule has 3 nitrogen and oxygen atoms in total. The largest absolute Gasteiger partial charge is 0.250 e. The van der Waals surface area contributed by atoms with Crippen LogP contribution in [0.2, 0.25) is 9.36 Å². The van der Waals surface area contributed by atoms with Crippen molar-refractivity contribution in [2.24, 2.45) is 0 Å². The molecule has 1 atom stereocenters. The molecular formula is C10H8BrCl2NO2S3. The summed E-state index contributed by atoms with van der Waals surface area (Å²) in [4.78, 5) is 0.857. The fraction of sp³-hybridized carbons (Fsp3) is 0.200. The van der Waals surface area contributed by atoms with Crippen LogP contribution in [0.5, 0.6) is 0 Å². The van der Waals surface area contributed by atoms with Crippen molar-refractivity contribution >= 4 is 71.8 Å². The third-order valence-corrected chi connectivity index (χ3v) is 8.14. The second-order valence-corrected chi connectivity index (χ2v) is 10.1. The standard InChI is InChI=1S/C10H8BrCl2NO2S3/c1-5(7-2-3-8(13)17-7)14-19(15,16)9-4-6(12)10(11)18-9/h2-5,14H,1H3. The van der Waals surface area contributed by atoms with E-state index in [4.69, 9.17) is 23.2 Å². The number of rotatable bonds is 4. The quantitative estimate of drug-likeness (QED) is 0.762. The molecule has 0 saturated heterocycles. The number of thiophene rings is 2. The highest BCUT2D eigenvalue weighted by molar-refractivity contribution is 9.11. The summed E-state index contributed by atoms with van der Waals surface area (Å²) in [5.74, 6) is 0. The zero-order valence-electron chi connectivity index (χ0n) is 9.48. The van der Waals surface area contributed by atoms with Crippen molar-refractivity contribution in [3.05, 3.63) is 36.2 Å². The molecule has 0 fully saturated rings. The molecule has 0 amide bonds. The Labute approximate surface area is 137 Å².